The molecule has 0 unspecified atom stereocenters. The highest BCUT2D eigenvalue weighted by Crippen LogP contribution is 2.31. The molecule has 0 radical (unpaired) electrons. The number of aromatic amines is 1. The second-order valence-corrected chi connectivity index (χ2v) is 1.96. The molecule has 0 saturated carbocycles. The molecule has 11 heavy (non-hydrogen) atoms. The molecule has 0 spiro atoms. The Morgan fingerprint density at radius 2 is 2.18 bits per heavy atom. The van der Waals surface area contributed by atoms with Crippen LogP contribution in [0.15, 0.2) is 19.0 Å². The Morgan fingerprint density at radius 1 is 1.55 bits per heavy atom. The lowest BCUT2D eigenvalue weighted by molar-refractivity contribution is -0.0686. The van der Waals surface area contributed by atoms with Crippen LogP contribution < -0.4 is 0 Å². The van der Waals surface area contributed by atoms with Gasteiger partial charge in [-0.1, -0.05) is 6.58 Å². The molecule has 60 valence electrons. The number of halogens is 3. The van der Waals surface area contributed by atoms with Crippen LogP contribution in [0.5, 0.6) is 0 Å². The minimum Gasteiger partial charge on any atom is -0.285 e. The van der Waals surface area contributed by atoms with E-state index in [4.69, 9.17) is 0 Å². The molecule has 1 aromatic heterocycles. The third-order valence-electron chi connectivity index (χ3n) is 1.19. The lowest BCUT2D eigenvalue weighted by atomic mass is 10.2. The van der Waals surface area contributed by atoms with Gasteiger partial charge in [0.15, 0.2) is 0 Å². The third-order valence-corrected chi connectivity index (χ3v) is 1.19. The van der Waals surface area contributed by atoms with Gasteiger partial charge in [0.2, 0.25) is 0 Å². The predicted molar refractivity (Wildman–Crippen MR) is 33.7 cm³/mol. The van der Waals surface area contributed by atoms with Crippen LogP contribution in [-0.2, 0) is 0 Å². The first-order valence-electron chi connectivity index (χ1n) is 2.77. The number of alkyl halides is 3. The number of aromatic nitrogens is 2. The third kappa shape index (κ3) is 1.60. The van der Waals surface area contributed by atoms with E-state index in [-0.39, 0.29) is 5.56 Å². The Morgan fingerprint density at radius 3 is 2.55 bits per heavy atom. The van der Waals surface area contributed by atoms with E-state index in [1.165, 1.54) is 0 Å². The molecule has 0 aliphatic rings. The molecule has 1 N–H and O–H groups in total. The van der Waals surface area contributed by atoms with Crippen LogP contribution in [0.3, 0.4) is 0 Å². The number of nitrogens with one attached hydrogen (secondary N) is 1. The fourth-order valence-corrected chi connectivity index (χ4v) is 0.580. The van der Waals surface area contributed by atoms with Crippen molar-refractivity contribution in [2.45, 2.75) is 6.18 Å². The van der Waals surface area contributed by atoms with Crippen LogP contribution in [0, 0.1) is 0 Å². The van der Waals surface area contributed by atoms with Crippen molar-refractivity contribution in [3.8, 4) is 0 Å². The Balaban J connectivity index is 2.88. The molecule has 0 atom stereocenters. The van der Waals surface area contributed by atoms with Gasteiger partial charge < -0.3 is 0 Å². The number of nitrogens with zero attached hydrogens (tertiary/aromatic N) is 1. The number of H-pyrrole nitrogens is 1. The zero-order valence-electron chi connectivity index (χ0n) is 5.44. The van der Waals surface area contributed by atoms with Crippen LogP contribution in [0.1, 0.15) is 5.56 Å². The van der Waals surface area contributed by atoms with Crippen LogP contribution in [0.25, 0.3) is 5.57 Å². The van der Waals surface area contributed by atoms with Crippen molar-refractivity contribution >= 4 is 5.57 Å². The summed E-state index contributed by atoms with van der Waals surface area (Å²) in [6.07, 6.45) is -2.14. The number of rotatable bonds is 1. The first kappa shape index (κ1) is 7.84. The van der Waals surface area contributed by atoms with Crippen molar-refractivity contribution < 1.29 is 13.2 Å². The fourth-order valence-electron chi connectivity index (χ4n) is 0.580. The zero-order chi connectivity index (χ0) is 8.48. The Labute approximate surface area is 60.7 Å². The molecule has 0 aliphatic carbocycles. The maximum atomic E-state index is 11.9. The van der Waals surface area contributed by atoms with Gasteiger partial charge in [-0.15, -0.1) is 0 Å². The Kier molecular flexibility index (Phi) is 1.72. The highest BCUT2D eigenvalue weighted by atomic mass is 19.4. The summed E-state index contributed by atoms with van der Waals surface area (Å²) in [5, 5.41) is 5.64. The quantitative estimate of drug-likeness (QED) is 0.672. The maximum absolute atomic E-state index is 11.9. The van der Waals surface area contributed by atoms with E-state index in [0.29, 0.717) is 0 Å². The average Bonchev–Trinajstić information content (AvgIpc) is 2.34. The second-order valence-electron chi connectivity index (χ2n) is 1.96. The monoisotopic (exact) mass is 162 g/mol. The van der Waals surface area contributed by atoms with Gasteiger partial charge in [-0.3, -0.25) is 5.10 Å². The molecular formula is C6H5F3N2. The van der Waals surface area contributed by atoms with Gasteiger partial charge in [-0.25, -0.2) is 0 Å². The standard InChI is InChI=1S/C6H5F3N2/c1-4(6(7,8)9)5-2-10-11-3-5/h2-3H,1H2,(H,10,11). The molecule has 0 aliphatic heterocycles. The molecular weight excluding hydrogens is 157 g/mol. The topological polar surface area (TPSA) is 28.7 Å². The minimum absolute atomic E-state index is 0.0301. The van der Waals surface area contributed by atoms with Crippen molar-refractivity contribution in [1.29, 1.82) is 0 Å². The molecule has 1 aromatic rings. The Bertz CT molecular complexity index is 247. The summed E-state index contributed by atoms with van der Waals surface area (Å²) >= 11 is 0. The van der Waals surface area contributed by atoms with Gasteiger partial charge in [-0.2, -0.15) is 18.3 Å². The number of allylic oxidation sites excluding steroid dienone is 1. The molecule has 2 nitrogen and oxygen atoms in total. The van der Waals surface area contributed by atoms with Crippen LogP contribution in [-0.4, -0.2) is 16.4 Å². The Hall–Kier alpha value is -1.26. The van der Waals surface area contributed by atoms with Crippen molar-refractivity contribution in [1.82, 2.24) is 10.2 Å². The molecule has 0 aromatic carbocycles. The van der Waals surface area contributed by atoms with Gasteiger partial charge in [-0.05, 0) is 0 Å². The van der Waals surface area contributed by atoms with Gasteiger partial charge in [0.25, 0.3) is 0 Å². The van der Waals surface area contributed by atoms with Gasteiger partial charge in [0, 0.05) is 11.8 Å². The van der Waals surface area contributed by atoms with E-state index in [1.807, 2.05) is 0 Å². The first-order chi connectivity index (χ1) is 5.02. The van der Waals surface area contributed by atoms with Crippen LogP contribution in [0.2, 0.25) is 0 Å². The van der Waals surface area contributed by atoms with Crippen molar-refractivity contribution in [3.63, 3.8) is 0 Å². The van der Waals surface area contributed by atoms with Crippen LogP contribution >= 0.6 is 0 Å². The average molecular weight is 162 g/mol. The molecule has 0 saturated heterocycles. The van der Waals surface area contributed by atoms with E-state index < -0.39 is 11.7 Å². The summed E-state index contributed by atoms with van der Waals surface area (Å²) < 4.78 is 35.6. The molecule has 0 fully saturated rings. The largest absolute Gasteiger partial charge is 0.416 e. The summed E-state index contributed by atoms with van der Waals surface area (Å²) in [4.78, 5) is 0. The second kappa shape index (κ2) is 2.41. The summed E-state index contributed by atoms with van der Waals surface area (Å²) in [7, 11) is 0. The minimum atomic E-state index is -4.37. The van der Waals surface area contributed by atoms with Crippen LogP contribution in [0.4, 0.5) is 13.2 Å². The summed E-state index contributed by atoms with van der Waals surface area (Å²) in [6, 6.07) is 0. The molecule has 1 rings (SSSR count). The fraction of sp³-hybridized carbons (Fsp3) is 0.167. The molecule has 0 amide bonds. The normalized spacial score (nSPS) is 11.5. The lowest BCUT2D eigenvalue weighted by Crippen LogP contribution is -2.08. The van der Waals surface area contributed by atoms with Crippen molar-refractivity contribution in [2.75, 3.05) is 0 Å². The number of hydrogen-bond donors (Lipinski definition) is 1. The highest BCUT2D eigenvalue weighted by molar-refractivity contribution is 5.65. The zero-order valence-corrected chi connectivity index (χ0v) is 5.44. The molecule has 0 bridgehead atoms. The smallest absolute Gasteiger partial charge is 0.285 e. The lowest BCUT2D eigenvalue weighted by Gasteiger charge is -2.06. The van der Waals surface area contributed by atoms with Gasteiger partial charge in [0.1, 0.15) is 0 Å². The van der Waals surface area contributed by atoms with Gasteiger partial charge in [0.05, 0.1) is 11.8 Å². The molecule has 1 heterocycles. The van der Waals surface area contributed by atoms with Crippen molar-refractivity contribution in [2.24, 2.45) is 0 Å². The van der Waals surface area contributed by atoms with E-state index >= 15 is 0 Å². The van der Waals surface area contributed by atoms with E-state index in [1.54, 1.807) is 0 Å². The van der Waals surface area contributed by atoms with E-state index in [9.17, 15) is 13.2 Å². The highest BCUT2D eigenvalue weighted by Gasteiger charge is 2.33. The molecule has 5 heteroatoms. The predicted octanol–water partition coefficient (Wildman–Crippen LogP) is 1.99. The van der Waals surface area contributed by atoms with Crippen molar-refractivity contribution in [3.05, 3.63) is 24.5 Å². The summed E-state index contributed by atoms with van der Waals surface area (Å²) in [5.74, 6) is 0. The van der Waals surface area contributed by atoms with E-state index in [2.05, 4.69) is 16.8 Å². The summed E-state index contributed by atoms with van der Waals surface area (Å²) in [6.45, 7) is 2.88. The van der Waals surface area contributed by atoms with Gasteiger partial charge >= 0.3 is 6.18 Å². The van der Waals surface area contributed by atoms with E-state index in [0.717, 1.165) is 12.4 Å². The maximum Gasteiger partial charge on any atom is 0.416 e. The number of hydrogen-bond acceptors (Lipinski definition) is 1. The first-order valence-corrected chi connectivity index (χ1v) is 2.77. The summed E-state index contributed by atoms with van der Waals surface area (Å²) in [5.41, 5.74) is -0.913. The SMILES string of the molecule is C=C(c1cn[nH]c1)C(F)(F)F.